The molecule has 0 fully saturated rings. The number of ether oxygens (including phenoxy) is 1. The van der Waals surface area contributed by atoms with Crippen molar-refractivity contribution in [1.29, 1.82) is 0 Å². The molecule has 1 heterocycles. The van der Waals surface area contributed by atoms with Gasteiger partial charge in [-0.05, 0) is 13.0 Å². The summed E-state index contributed by atoms with van der Waals surface area (Å²) in [4.78, 5) is 0. The van der Waals surface area contributed by atoms with E-state index < -0.39 is 0 Å². The maximum atomic E-state index is 5.53. The third kappa shape index (κ3) is 1.30. The summed E-state index contributed by atoms with van der Waals surface area (Å²) in [7, 11) is 1.56. The minimum absolute atomic E-state index is 0.0658. The van der Waals surface area contributed by atoms with E-state index in [1.165, 1.54) is 0 Å². The van der Waals surface area contributed by atoms with Gasteiger partial charge in [0, 0.05) is 6.07 Å². The first kappa shape index (κ1) is 7.15. The van der Waals surface area contributed by atoms with E-state index in [0.717, 1.165) is 5.76 Å². The standard InChI is InChI=1S/C7H11NO2/c1-5(8)6-3-4-7(9-2)10-6/h3-5H,8H2,1-2H3. The van der Waals surface area contributed by atoms with E-state index in [1.807, 2.05) is 13.0 Å². The summed E-state index contributed by atoms with van der Waals surface area (Å²) in [6.45, 7) is 1.86. The second-order valence-electron chi connectivity index (χ2n) is 2.15. The first-order valence-corrected chi connectivity index (χ1v) is 3.13. The molecule has 1 aromatic rings. The van der Waals surface area contributed by atoms with Gasteiger partial charge in [0.25, 0.3) is 5.95 Å². The topological polar surface area (TPSA) is 48.4 Å². The molecule has 0 aliphatic heterocycles. The molecule has 1 rings (SSSR count). The Kier molecular flexibility index (Phi) is 1.97. The number of rotatable bonds is 2. The zero-order chi connectivity index (χ0) is 7.56. The summed E-state index contributed by atoms with van der Waals surface area (Å²) in [5.41, 5.74) is 5.53. The van der Waals surface area contributed by atoms with Crippen LogP contribution in [0.5, 0.6) is 5.95 Å². The van der Waals surface area contributed by atoms with E-state index in [1.54, 1.807) is 13.2 Å². The Hall–Kier alpha value is -0.960. The molecule has 0 saturated carbocycles. The first-order valence-electron chi connectivity index (χ1n) is 3.13. The molecule has 10 heavy (non-hydrogen) atoms. The fourth-order valence-corrected chi connectivity index (χ4v) is 0.689. The lowest BCUT2D eigenvalue weighted by atomic mass is 10.3. The Morgan fingerprint density at radius 2 is 2.30 bits per heavy atom. The van der Waals surface area contributed by atoms with Crippen LogP contribution in [0.15, 0.2) is 16.5 Å². The maximum Gasteiger partial charge on any atom is 0.284 e. The van der Waals surface area contributed by atoms with E-state index in [0.29, 0.717) is 5.95 Å². The molecule has 0 amide bonds. The summed E-state index contributed by atoms with van der Waals surface area (Å²) in [5, 5.41) is 0. The number of furan rings is 1. The van der Waals surface area contributed by atoms with E-state index >= 15 is 0 Å². The highest BCUT2D eigenvalue weighted by atomic mass is 16.6. The molecule has 0 aliphatic rings. The van der Waals surface area contributed by atoms with Gasteiger partial charge in [0.15, 0.2) is 0 Å². The predicted octanol–water partition coefficient (Wildman–Crippen LogP) is 1.31. The summed E-state index contributed by atoms with van der Waals surface area (Å²) in [6.07, 6.45) is 0. The zero-order valence-electron chi connectivity index (χ0n) is 6.13. The number of nitrogens with two attached hydrogens (primary N) is 1. The molecule has 1 unspecified atom stereocenters. The minimum atomic E-state index is -0.0658. The van der Waals surface area contributed by atoms with Gasteiger partial charge in [-0.3, -0.25) is 0 Å². The molecule has 3 nitrogen and oxygen atoms in total. The smallest absolute Gasteiger partial charge is 0.284 e. The van der Waals surface area contributed by atoms with Crippen molar-refractivity contribution < 1.29 is 9.15 Å². The van der Waals surface area contributed by atoms with Crippen molar-refractivity contribution >= 4 is 0 Å². The maximum absolute atomic E-state index is 5.53. The number of hydrogen-bond acceptors (Lipinski definition) is 3. The molecule has 0 aliphatic carbocycles. The fourth-order valence-electron chi connectivity index (χ4n) is 0.689. The van der Waals surface area contributed by atoms with Crippen LogP contribution in [-0.4, -0.2) is 7.11 Å². The van der Waals surface area contributed by atoms with Crippen LogP contribution in [0, 0.1) is 0 Å². The van der Waals surface area contributed by atoms with E-state index in [2.05, 4.69) is 0 Å². The Morgan fingerprint density at radius 3 is 2.60 bits per heavy atom. The zero-order valence-corrected chi connectivity index (χ0v) is 6.13. The molecular formula is C7H11NO2. The van der Waals surface area contributed by atoms with E-state index in [4.69, 9.17) is 14.9 Å². The lowest BCUT2D eigenvalue weighted by Crippen LogP contribution is -2.02. The second kappa shape index (κ2) is 2.75. The van der Waals surface area contributed by atoms with Gasteiger partial charge in [0.1, 0.15) is 5.76 Å². The van der Waals surface area contributed by atoms with E-state index in [-0.39, 0.29) is 6.04 Å². The van der Waals surface area contributed by atoms with Gasteiger partial charge >= 0.3 is 0 Å². The molecular weight excluding hydrogens is 130 g/mol. The molecule has 0 spiro atoms. The van der Waals surface area contributed by atoms with Gasteiger partial charge in [0.05, 0.1) is 13.2 Å². The largest absolute Gasteiger partial charge is 0.468 e. The van der Waals surface area contributed by atoms with E-state index in [9.17, 15) is 0 Å². The molecule has 0 saturated heterocycles. The van der Waals surface area contributed by atoms with Crippen molar-refractivity contribution in [3.63, 3.8) is 0 Å². The Labute approximate surface area is 59.8 Å². The van der Waals surface area contributed by atoms with Crippen molar-refractivity contribution in [2.24, 2.45) is 5.73 Å². The third-order valence-electron chi connectivity index (χ3n) is 1.25. The summed E-state index contributed by atoms with van der Waals surface area (Å²) in [6, 6.07) is 3.49. The average molecular weight is 141 g/mol. The highest BCUT2D eigenvalue weighted by Crippen LogP contribution is 2.19. The van der Waals surface area contributed by atoms with Crippen LogP contribution in [0.25, 0.3) is 0 Å². The Morgan fingerprint density at radius 1 is 1.60 bits per heavy atom. The van der Waals surface area contributed by atoms with Gasteiger partial charge in [-0.2, -0.15) is 0 Å². The SMILES string of the molecule is COc1ccc(C(C)N)o1. The Balaban J connectivity index is 2.78. The molecule has 1 aromatic heterocycles. The third-order valence-corrected chi connectivity index (χ3v) is 1.25. The minimum Gasteiger partial charge on any atom is -0.468 e. The summed E-state index contributed by atoms with van der Waals surface area (Å²) < 4.78 is 9.97. The molecule has 1 atom stereocenters. The lowest BCUT2D eigenvalue weighted by Gasteiger charge is -1.97. The normalized spacial score (nSPS) is 13.1. The van der Waals surface area contributed by atoms with Crippen LogP contribution in [0.1, 0.15) is 18.7 Å². The summed E-state index contributed by atoms with van der Waals surface area (Å²) >= 11 is 0. The van der Waals surface area contributed by atoms with Crippen molar-refractivity contribution in [2.45, 2.75) is 13.0 Å². The van der Waals surface area contributed by atoms with Crippen LogP contribution in [0.2, 0.25) is 0 Å². The van der Waals surface area contributed by atoms with Crippen LogP contribution in [-0.2, 0) is 0 Å². The van der Waals surface area contributed by atoms with Gasteiger partial charge in [-0.25, -0.2) is 0 Å². The van der Waals surface area contributed by atoms with Gasteiger partial charge in [-0.15, -0.1) is 0 Å². The highest BCUT2D eigenvalue weighted by Gasteiger charge is 2.04. The van der Waals surface area contributed by atoms with Crippen molar-refractivity contribution in [3.8, 4) is 5.95 Å². The van der Waals surface area contributed by atoms with Crippen LogP contribution < -0.4 is 10.5 Å². The molecule has 2 N–H and O–H groups in total. The number of hydrogen-bond donors (Lipinski definition) is 1. The molecule has 56 valence electrons. The molecule has 3 heteroatoms. The van der Waals surface area contributed by atoms with Gasteiger partial charge in [-0.1, -0.05) is 0 Å². The molecule has 0 bridgehead atoms. The van der Waals surface area contributed by atoms with Gasteiger partial charge < -0.3 is 14.9 Å². The predicted molar refractivity (Wildman–Crippen MR) is 37.9 cm³/mol. The first-order chi connectivity index (χ1) is 4.74. The van der Waals surface area contributed by atoms with Crippen molar-refractivity contribution in [2.75, 3.05) is 7.11 Å². The van der Waals surface area contributed by atoms with Crippen LogP contribution >= 0.6 is 0 Å². The van der Waals surface area contributed by atoms with Crippen molar-refractivity contribution in [1.82, 2.24) is 0 Å². The Bertz CT molecular complexity index is 205. The van der Waals surface area contributed by atoms with Crippen LogP contribution in [0.4, 0.5) is 0 Å². The number of methoxy groups -OCH3 is 1. The summed E-state index contributed by atoms with van der Waals surface area (Å²) in [5.74, 6) is 1.25. The van der Waals surface area contributed by atoms with Crippen LogP contribution in [0.3, 0.4) is 0 Å². The molecule has 0 aromatic carbocycles. The average Bonchev–Trinajstić information content (AvgIpc) is 2.34. The quantitative estimate of drug-likeness (QED) is 0.675. The fraction of sp³-hybridized carbons (Fsp3) is 0.429. The van der Waals surface area contributed by atoms with Gasteiger partial charge in [0.2, 0.25) is 0 Å². The second-order valence-corrected chi connectivity index (χ2v) is 2.15. The van der Waals surface area contributed by atoms with Crippen molar-refractivity contribution in [3.05, 3.63) is 17.9 Å². The molecule has 0 radical (unpaired) electrons. The lowest BCUT2D eigenvalue weighted by molar-refractivity contribution is 0.289. The monoisotopic (exact) mass is 141 g/mol. The highest BCUT2D eigenvalue weighted by molar-refractivity contribution is 5.13.